The van der Waals surface area contributed by atoms with Gasteiger partial charge in [0.05, 0.1) is 17.1 Å². The first-order chi connectivity index (χ1) is 12.1. The molecule has 1 aromatic carbocycles. The maximum Gasteiger partial charge on any atom is 0.271 e. The van der Waals surface area contributed by atoms with E-state index in [0.29, 0.717) is 24.7 Å². The number of hydrogen-bond donors (Lipinski definition) is 1. The van der Waals surface area contributed by atoms with Crippen LogP contribution in [-0.4, -0.2) is 31.8 Å². The molecule has 0 unspecified atom stereocenters. The van der Waals surface area contributed by atoms with Crippen molar-refractivity contribution in [3.63, 3.8) is 0 Å². The Hall–Kier alpha value is -2.63. The normalized spacial score (nSPS) is 11.4. The predicted octanol–water partition coefficient (Wildman–Crippen LogP) is 3.10. The zero-order chi connectivity index (χ0) is 17.8. The van der Waals surface area contributed by atoms with Crippen molar-refractivity contribution in [3.05, 3.63) is 48.0 Å². The average molecular weight is 339 g/mol. The zero-order valence-corrected chi connectivity index (χ0v) is 15.1. The highest BCUT2D eigenvalue weighted by atomic mass is 16.1. The van der Waals surface area contributed by atoms with Crippen molar-refractivity contribution in [2.75, 3.05) is 6.54 Å². The van der Waals surface area contributed by atoms with Crippen molar-refractivity contribution in [2.24, 2.45) is 7.05 Å². The van der Waals surface area contributed by atoms with Gasteiger partial charge in [0.25, 0.3) is 5.91 Å². The van der Waals surface area contributed by atoms with Gasteiger partial charge in [-0.05, 0) is 31.0 Å². The largest absolute Gasteiger partial charge is 0.350 e. The van der Waals surface area contributed by atoms with E-state index in [4.69, 9.17) is 0 Å². The fraction of sp³-hybridized carbons (Fsp3) is 0.421. The Bertz CT molecular complexity index is 860. The number of rotatable bonds is 7. The van der Waals surface area contributed by atoms with Gasteiger partial charge in [0.1, 0.15) is 11.5 Å². The lowest BCUT2D eigenvalue weighted by atomic mass is 10.2. The molecule has 3 aromatic rings. The van der Waals surface area contributed by atoms with Crippen LogP contribution in [0.2, 0.25) is 0 Å². The fourth-order valence-electron chi connectivity index (χ4n) is 3.12. The minimum absolute atomic E-state index is 0.136. The second-order valence-electron chi connectivity index (χ2n) is 6.23. The molecule has 6 heteroatoms. The second-order valence-corrected chi connectivity index (χ2v) is 6.23. The fourth-order valence-corrected chi connectivity index (χ4v) is 3.12. The van der Waals surface area contributed by atoms with Crippen LogP contribution in [0, 0.1) is 0 Å². The monoisotopic (exact) mass is 339 g/mol. The number of hydrogen-bond acceptors (Lipinski definition) is 3. The van der Waals surface area contributed by atoms with E-state index in [2.05, 4.69) is 39.9 Å². The van der Waals surface area contributed by atoms with Crippen LogP contribution in [0.4, 0.5) is 0 Å². The van der Waals surface area contributed by atoms with Crippen molar-refractivity contribution in [1.29, 1.82) is 0 Å². The van der Waals surface area contributed by atoms with Crippen LogP contribution in [0.15, 0.2) is 36.5 Å². The molecule has 0 saturated heterocycles. The number of carbonyl (C=O) groups excluding carboxylic acids is 1. The Morgan fingerprint density at radius 3 is 2.68 bits per heavy atom. The Labute approximate surface area is 147 Å². The van der Waals surface area contributed by atoms with Crippen molar-refractivity contribution in [3.8, 4) is 0 Å². The molecule has 0 aliphatic heterocycles. The molecule has 0 fully saturated rings. The van der Waals surface area contributed by atoms with Gasteiger partial charge in [-0.2, -0.15) is 5.10 Å². The summed E-state index contributed by atoms with van der Waals surface area (Å²) in [5.74, 6) is 0.826. The van der Waals surface area contributed by atoms with E-state index in [0.717, 1.165) is 29.7 Å². The lowest BCUT2D eigenvalue weighted by Crippen LogP contribution is -2.27. The van der Waals surface area contributed by atoms with Crippen LogP contribution >= 0.6 is 0 Å². The number of benzene rings is 1. The van der Waals surface area contributed by atoms with Gasteiger partial charge in [0.15, 0.2) is 0 Å². The van der Waals surface area contributed by atoms with Crippen LogP contribution in [0.3, 0.4) is 0 Å². The van der Waals surface area contributed by atoms with E-state index in [9.17, 15) is 4.79 Å². The molecule has 0 aliphatic carbocycles. The molecule has 25 heavy (non-hydrogen) atoms. The number of aromatic nitrogens is 4. The number of nitrogens with one attached hydrogen (secondary N) is 1. The first-order valence-electron chi connectivity index (χ1n) is 8.87. The Morgan fingerprint density at radius 1 is 1.20 bits per heavy atom. The summed E-state index contributed by atoms with van der Waals surface area (Å²) >= 11 is 0. The molecule has 0 aliphatic rings. The molecule has 2 aromatic heterocycles. The number of para-hydroxylation sites is 2. The summed E-state index contributed by atoms with van der Waals surface area (Å²) in [5, 5.41) is 7.35. The van der Waals surface area contributed by atoms with Gasteiger partial charge >= 0.3 is 0 Å². The van der Waals surface area contributed by atoms with Gasteiger partial charge < -0.3 is 9.88 Å². The van der Waals surface area contributed by atoms with Gasteiger partial charge in [-0.1, -0.05) is 26.0 Å². The lowest BCUT2D eigenvalue weighted by molar-refractivity contribution is 0.0947. The minimum atomic E-state index is -0.136. The third-order valence-corrected chi connectivity index (χ3v) is 4.67. The number of carbonyl (C=O) groups is 1. The lowest BCUT2D eigenvalue weighted by Gasteiger charge is -2.12. The summed E-state index contributed by atoms with van der Waals surface area (Å²) in [6.45, 7) is 4.80. The summed E-state index contributed by atoms with van der Waals surface area (Å²) in [4.78, 5) is 16.9. The maximum atomic E-state index is 12.3. The van der Waals surface area contributed by atoms with Crippen LogP contribution in [0.5, 0.6) is 0 Å². The van der Waals surface area contributed by atoms with E-state index in [1.54, 1.807) is 6.07 Å². The molecule has 0 atom stereocenters. The number of aryl methyl sites for hydroxylation is 1. The maximum absolute atomic E-state index is 12.3. The summed E-state index contributed by atoms with van der Waals surface area (Å²) in [7, 11) is 2.00. The molecule has 1 amide bonds. The molecule has 0 spiro atoms. The van der Waals surface area contributed by atoms with Gasteiger partial charge in [-0.3, -0.25) is 9.48 Å². The smallest absolute Gasteiger partial charge is 0.271 e. The molecule has 3 rings (SSSR count). The second kappa shape index (κ2) is 7.51. The third kappa shape index (κ3) is 3.57. The van der Waals surface area contributed by atoms with Crippen molar-refractivity contribution < 1.29 is 4.79 Å². The van der Waals surface area contributed by atoms with Crippen LogP contribution in [-0.2, 0) is 13.5 Å². The third-order valence-electron chi connectivity index (χ3n) is 4.67. The molecule has 0 saturated carbocycles. The Morgan fingerprint density at radius 2 is 1.96 bits per heavy atom. The minimum Gasteiger partial charge on any atom is -0.350 e. The number of amides is 1. The van der Waals surface area contributed by atoms with Crippen LogP contribution in [0.1, 0.15) is 49.0 Å². The molecule has 1 N–H and O–H groups in total. The number of fused-ring (bicyclic) bond motifs is 1. The highest BCUT2D eigenvalue weighted by Crippen LogP contribution is 2.15. The van der Waals surface area contributed by atoms with E-state index >= 15 is 0 Å². The summed E-state index contributed by atoms with van der Waals surface area (Å²) in [6.07, 6.45) is 4.58. The quantitative estimate of drug-likeness (QED) is 0.719. The van der Waals surface area contributed by atoms with Crippen molar-refractivity contribution >= 4 is 16.9 Å². The summed E-state index contributed by atoms with van der Waals surface area (Å²) in [6, 6.07) is 10.2. The van der Waals surface area contributed by atoms with Crippen molar-refractivity contribution in [2.45, 2.75) is 39.2 Å². The van der Waals surface area contributed by atoms with E-state index in [1.165, 1.54) is 0 Å². The van der Waals surface area contributed by atoms with E-state index < -0.39 is 0 Å². The molecule has 0 bridgehead atoms. The SMILES string of the molecule is CCC(CC)n1ccc(C(=O)NCCc2nc3ccccc3n2C)n1. The Balaban J connectivity index is 1.60. The number of nitrogens with zero attached hydrogens (tertiary/aromatic N) is 4. The molecule has 0 radical (unpaired) electrons. The van der Waals surface area contributed by atoms with Gasteiger partial charge in [0, 0.05) is 26.2 Å². The standard InChI is InChI=1S/C19H25N5O/c1-4-14(5-2)24-13-11-16(22-24)19(25)20-12-10-18-21-15-8-6-7-9-17(15)23(18)3/h6-9,11,13-14H,4-5,10,12H2,1-3H3,(H,20,25). The number of imidazole rings is 1. The van der Waals surface area contributed by atoms with Gasteiger partial charge in [-0.15, -0.1) is 0 Å². The van der Waals surface area contributed by atoms with E-state index in [1.807, 2.05) is 36.1 Å². The van der Waals surface area contributed by atoms with E-state index in [-0.39, 0.29) is 5.91 Å². The Kier molecular flexibility index (Phi) is 5.16. The van der Waals surface area contributed by atoms with Gasteiger partial charge in [0.2, 0.25) is 0 Å². The molecule has 6 nitrogen and oxygen atoms in total. The van der Waals surface area contributed by atoms with Crippen molar-refractivity contribution in [1.82, 2.24) is 24.6 Å². The predicted molar refractivity (Wildman–Crippen MR) is 98.6 cm³/mol. The molecule has 2 heterocycles. The first kappa shape index (κ1) is 17.2. The highest BCUT2D eigenvalue weighted by molar-refractivity contribution is 5.92. The zero-order valence-electron chi connectivity index (χ0n) is 15.1. The first-order valence-corrected chi connectivity index (χ1v) is 8.87. The molecular formula is C19H25N5O. The summed E-state index contributed by atoms with van der Waals surface area (Å²) < 4.78 is 3.96. The topological polar surface area (TPSA) is 64.7 Å². The molecule has 132 valence electrons. The van der Waals surface area contributed by atoms with Gasteiger partial charge in [-0.25, -0.2) is 4.98 Å². The average Bonchev–Trinajstić information content (AvgIpc) is 3.22. The van der Waals surface area contributed by atoms with Crippen LogP contribution < -0.4 is 5.32 Å². The highest BCUT2D eigenvalue weighted by Gasteiger charge is 2.13. The summed E-state index contributed by atoms with van der Waals surface area (Å²) in [5.41, 5.74) is 2.56. The molecular weight excluding hydrogens is 314 g/mol. The van der Waals surface area contributed by atoms with Crippen LogP contribution in [0.25, 0.3) is 11.0 Å².